The van der Waals surface area contributed by atoms with Crippen LogP contribution in [0.25, 0.3) is 0 Å². The number of nitrogens with zero attached hydrogens (tertiary/aromatic N) is 2. The molecule has 0 bridgehead atoms. The van der Waals surface area contributed by atoms with Crippen molar-refractivity contribution in [3.05, 3.63) is 29.3 Å². The van der Waals surface area contributed by atoms with Crippen LogP contribution in [-0.2, 0) is 16.1 Å². The fourth-order valence-electron chi connectivity index (χ4n) is 4.71. The third-order valence-corrected chi connectivity index (χ3v) is 6.26. The number of anilines is 1. The topological polar surface area (TPSA) is 81.8 Å². The van der Waals surface area contributed by atoms with E-state index in [0.29, 0.717) is 30.6 Å². The van der Waals surface area contributed by atoms with Gasteiger partial charge >= 0.3 is 0 Å². The predicted molar refractivity (Wildman–Crippen MR) is 101 cm³/mol. The van der Waals surface area contributed by atoms with E-state index >= 15 is 0 Å². The number of hydrogen-bond donors (Lipinski definition) is 2. The second-order valence-electron chi connectivity index (χ2n) is 7.75. The molecule has 1 saturated heterocycles. The monoisotopic (exact) mass is 370 g/mol. The van der Waals surface area contributed by atoms with Gasteiger partial charge in [-0.2, -0.15) is 0 Å². The van der Waals surface area contributed by atoms with Gasteiger partial charge < -0.3 is 15.1 Å². The largest absolute Gasteiger partial charge is 0.370 e. The minimum atomic E-state index is -0.563. The van der Waals surface area contributed by atoms with E-state index in [-0.39, 0.29) is 24.1 Å². The molecule has 0 radical (unpaired) electrons. The van der Waals surface area contributed by atoms with E-state index in [1.165, 1.54) is 12.8 Å². The lowest BCUT2D eigenvalue weighted by atomic mass is 10.0. The van der Waals surface area contributed by atoms with Crippen LogP contribution in [0.15, 0.2) is 18.2 Å². The number of benzene rings is 1. The third-order valence-electron chi connectivity index (χ3n) is 6.26. The lowest BCUT2D eigenvalue weighted by Gasteiger charge is -2.31. The van der Waals surface area contributed by atoms with Gasteiger partial charge in [0.1, 0.15) is 6.04 Å². The van der Waals surface area contributed by atoms with Gasteiger partial charge in [-0.05, 0) is 56.5 Å². The summed E-state index contributed by atoms with van der Waals surface area (Å²) in [6.07, 6.45) is 4.21. The van der Waals surface area contributed by atoms with Crippen LogP contribution in [0.1, 0.15) is 48.0 Å². The van der Waals surface area contributed by atoms with E-state index in [1.807, 2.05) is 19.2 Å². The molecule has 1 saturated carbocycles. The normalized spacial score (nSPS) is 27.7. The van der Waals surface area contributed by atoms with E-state index in [1.54, 1.807) is 4.90 Å². The molecular weight excluding hydrogens is 344 g/mol. The summed E-state index contributed by atoms with van der Waals surface area (Å²) < 4.78 is 0. The number of rotatable bonds is 4. The number of piperidine rings is 1. The van der Waals surface area contributed by atoms with Crippen LogP contribution in [0.2, 0.25) is 0 Å². The highest BCUT2D eigenvalue weighted by atomic mass is 16.2. The number of amides is 3. The Bertz CT molecular complexity index is 793. The number of carbonyl (C=O) groups excluding carboxylic acids is 3. The van der Waals surface area contributed by atoms with E-state index < -0.39 is 6.04 Å². The Balaban J connectivity index is 1.54. The molecule has 2 fully saturated rings. The third kappa shape index (κ3) is 3.10. The zero-order valence-electron chi connectivity index (χ0n) is 15.8. The van der Waals surface area contributed by atoms with Gasteiger partial charge in [0.2, 0.25) is 11.8 Å². The first kappa shape index (κ1) is 18.0. The first-order chi connectivity index (χ1) is 13.0. The Kier molecular flexibility index (Phi) is 4.63. The molecular formula is C20H26N4O3. The van der Waals surface area contributed by atoms with Crippen molar-refractivity contribution in [3.63, 3.8) is 0 Å². The summed E-state index contributed by atoms with van der Waals surface area (Å²) >= 11 is 0. The molecule has 2 heterocycles. The van der Waals surface area contributed by atoms with Crippen LogP contribution in [0.5, 0.6) is 0 Å². The Labute approximate surface area is 159 Å². The number of imide groups is 1. The molecule has 0 spiro atoms. The molecule has 2 aliphatic heterocycles. The van der Waals surface area contributed by atoms with Crippen molar-refractivity contribution in [3.8, 4) is 0 Å². The maximum absolute atomic E-state index is 12.8. The van der Waals surface area contributed by atoms with Crippen LogP contribution >= 0.6 is 0 Å². The minimum absolute atomic E-state index is 0.123. The Hall–Kier alpha value is -2.41. The van der Waals surface area contributed by atoms with Crippen molar-refractivity contribution in [2.24, 2.45) is 0 Å². The first-order valence-corrected chi connectivity index (χ1v) is 9.67. The Morgan fingerprint density at radius 1 is 1.19 bits per heavy atom. The summed E-state index contributed by atoms with van der Waals surface area (Å²) in [5.74, 6) is -0.754. The van der Waals surface area contributed by atoms with Gasteiger partial charge in [-0.1, -0.05) is 0 Å². The van der Waals surface area contributed by atoms with Crippen LogP contribution in [0.4, 0.5) is 5.69 Å². The number of hydrogen-bond acceptors (Lipinski definition) is 5. The molecule has 3 aliphatic rings. The highest BCUT2D eigenvalue weighted by Crippen LogP contribution is 2.33. The van der Waals surface area contributed by atoms with Crippen molar-refractivity contribution in [2.45, 2.75) is 56.8 Å². The number of likely N-dealkylation sites (N-methyl/N-ethyl adjacent to an activating group) is 2. The SMILES string of the molecule is CNC1CCCC1N(C)c1ccc2c(c1)CN(C1CCC(=O)NC1=O)C2=O. The molecule has 3 atom stereocenters. The van der Waals surface area contributed by atoms with Gasteiger partial charge in [0.15, 0.2) is 0 Å². The molecule has 144 valence electrons. The summed E-state index contributed by atoms with van der Waals surface area (Å²) in [5, 5.41) is 5.75. The van der Waals surface area contributed by atoms with Crippen LogP contribution in [-0.4, -0.2) is 54.8 Å². The van der Waals surface area contributed by atoms with E-state index in [9.17, 15) is 14.4 Å². The molecule has 1 aromatic carbocycles. The molecule has 4 rings (SSSR count). The fourth-order valence-corrected chi connectivity index (χ4v) is 4.71. The minimum Gasteiger partial charge on any atom is -0.370 e. The number of fused-ring (bicyclic) bond motifs is 1. The van der Waals surface area contributed by atoms with E-state index in [2.05, 4.69) is 28.6 Å². The van der Waals surface area contributed by atoms with Crippen LogP contribution < -0.4 is 15.5 Å². The average molecular weight is 370 g/mol. The zero-order valence-corrected chi connectivity index (χ0v) is 15.8. The Morgan fingerprint density at radius 3 is 2.74 bits per heavy atom. The lowest BCUT2D eigenvalue weighted by Crippen LogP contribution is -2.52. The second-order valence-corrected chi connectivity index (χ2v) is 7.75. The van der Waals surface area contributed by atoms with Crippen molar-refractivity contribution >= 4 is 23.4 Å². The smallest absolute Gasteiger partial charge is 0.255 e. The van der Waals surface area contributed by atoms with Gasteiger partial charge in [-0.3, -0.25) is 19.7 Å². The summed E-state index contributed by atoms with van der Waals surface area (Å²) in [6, 6.07) is 6.30. The maximum atomic E-state index is 12.8. The molecule has 7 nitrogen and oxygen atoms in total. The molecule has 1 aliphatic carbocycles. The highest BCUT2D eigenvalue weighted by Gasteiger charge is 2.39. The maximum Gasteiger partial charge on any atom is 0.255 e. The molecule has 0 aromatic heterocycles. The summed E-state index contributed by atoms with van der Waals surface area (Å²) in [4.78, 5) is 40.2. The lowest BCUT2D eigenvalue weighted by molar-refractivity contribution is -0.136. The molecule has 1 aromatic rings. The van der Waals surface area contributed by atoms with E-state index in [0.717, 1.165) is 17.7 Å². The summed E-state index contributed by atoms with van der Waals surface area (Å²) in [7, 11) is 4.12. The van der Waals surface area contributed by atoms with Gasteiger partial charge in [-0.15, -0.1) is 0 Å². The van der Waals surface area contributed by atoms with Gasteiger partial charge in [0, 0.05) is 43.3 Å². The molecule has 2 N–H and O–H groups in total. The molecule has 3 unspecified atom stereocenters. The molecule has 3 amide bonds. The zero-order chi connectivity index (χ0) is 19.1. The second kappa shape index (κ2) is 6.96. The summed E-state index contributed by atoms with van der Waals surface area (Å²) in [6.45, 7) is 0.419. The van der Waals surface area contributed by atoms with Gasteiger partial charge in [0.25, 0.3) is 5.91 Å². The highest BCUT2D eigenvalue weighted by molar-refractivity contribution is 6.05. The predicted octanol–water partition coefficient (Wildman–Crippen LogP) is 1.02. The summed E-state index contributed by atoms with van der Waals surface area (Å²) in [5.41, 5.74) is 2.71. The van der Waals surface area contributed by atoms with Gasteiger partial charge in [-0.25, -0.2) is 0 Å². The van der Waals surface area contributed by atoms with Crippen molar-refractivity contribution in [2.75, 3.05) is 19.0 Å². The fraction of sp³-hybridized carbons (Fsp3) is 0.550. The standard InChI is InChI=1S/C20H26N4O3/c1-21-15-4-3-5-16(15)23(2)13-6-7-14-12(10-13)11-24(20(14)27)17-8-9-18(25)22-19(17)26/h6-7,10,15-17,21H,3-5,8-9,11H2,1-2H3,(H,22,25,26). The number of carbonyl (C=O) groups is 3. The Morgan fingerprint density at radius 2 is 2.00 bits per heavy atom. The number of nitrogens with one attached hydrogen (secondary N) is 2. The van der Waals surface area contributed by atoms with Crippen LogP contribution in [0.3, 0.4) is 0 Å². The van der Waals surface area contributed by atoms with Crippen molar-refractivity contribution in [1.82, 2.24) is 15.5 Å². The van der Waals surface area contributed by atoms with Crippen molar-refractivity contribution < 1.29 is 14.4 Å². The van der Waals surface area contributed by atoms with Gasteiger partial charge in [0.05, 0.1) is 0 Å². The van der Waals surface area contributed by atoms with Crippen molar-refractivity contribution in [1.29, 1.82) is 0 Å². The molecule has 7 heteroatoms. The average Bonchev–Trinajstić information content (AvgIpc) is 3.25. The van der Waals surface area contributed by atoms with Crippen LogP contribution in [0, 0.1) is 0 Å². The first-order valence-electron chi connectivity index (χ1n) is 9.67. The molecule has 27 heavy (non-hydrogen) atoms. The van der Waals surface area contributed by atoms with E-state index in [4.69, 9.17) is 0 Å². The quantitative estimate of drug-likeness (QED) is 0.774.